The van der Waals surface area contributed by atoms with Gasteiger partial charge in [0.1, 0.15) is 5.75 Å². The molecule has 1 heterocycles. The van der Waals surface area contributed by atoms with Crippen LogP contribution in [0.25, 0.3) is 0 Å². The third kappa shape index (κ3) is 6.19. The average Bonchev–Trinajstić information content (AvgIpc) is 3.08. The normalized spacial score (nSPS) is 16.3. The summed E-state index contributed by atoms with van der Waals surface area (Å²) < 4.78 is 28.0. The first kappa shape index (κ1) is 22.6. The highest BCUT2D eigenvalue weighted by Crippen LogP contribution is 2.24. The van der Waals surface area contributed by atoms with Gasteiger partial charge in [0.15, 0.2) is 0 Å². The van der Waals surface area contributed by atoms with Crippen LogP contribution in [-0.2, 0) is 21.2 Å². The molecule has 0 radical (unpaired) electrons. The number of sulfonamides is 1. The van der Waals surface area contributed by atoms with E-state index in [1.807, 2.05) is 31.2 Å². The summed E-state index contributed by atoms with van der Waals surface area (Å²) in [5, 5.41) is 10.7. The topological polar surface area (TPSA) is 131 Å². The maximum absolute atomic E-state index is 12.3. The molecular weight excluding hydrogens is 420 g/mol. The number of benzene rings is 2. The lowest BCUT2D eigenvalue weighted by Crippen LogP contribution is -2.43. The minimum atomic E-state index is -3.72. The second kappa shape index (κ2) is 9.80. The van der Waals surface area contributed by atoms with E-state index >= 15 is 0 Å². The molecule has 3 amide bonds. The van der Waals surface area contributed by atoms with Crippen molar-refractivity contribution in [1.82, 2.24) is 10.6 Å². The second-order valence-corrected chi connectivity index (χ2v) is 8.73. The molecule has 0 unspecified atom stereocenters. The number of primary sulfonamides is 1. The Morgan fingerprint density at radius 3 is 2.45 bits per heavy atom. The Kier molecular flexibility index (Phi) is 7.13. The van der Waals surface area contributed by atoms with E-state index in [9.17, 15) is 18.0 Å². The predicted octanol–water partition coefficient (Wildman–Crippen LogP) is 1.38. The van der Waals surface area contributed by atoms with Crippen molar-refractivity contribution in [1.29, 1.82) is 0 Å². The molecule has 10 heteroatoms. The molecule has 1 fully saturated rings. The molecular formula is C21H26N4O5S. The monoisotopic (exact) mass is 446 g/mol. The molecule has 0 saturated carbocycles. The fourth-order valence-corrected chi connectivity index (χ4v) is 3.86. The summed E-state index contributed by atoms with van der Waals surface area (Å²) in [6.45, 7) is 3.24. The van der Waals surface area contributed by atoms with Crippen molar-refractivity contribution in [2.45, 2.75) is 30.7 Å². The molecule has 1 aliphatic rings. The Balaban J connectivity index is 1.45. The minimum Gasteiger partial charge on any atom is -0.494 e. The summed E-state index contributed by atoms with van der Waals surface area (Å²) in [5.74, 6) is 0.690. The van der Waals surface area contributed by atoms with E-state index in [1.54, 1.807) is 17.0 Å². The zero-order chi connectivity index (χ0) is 22.4. The Morgan fingerprint density at radius 2 is 1.84 bits per heavy atom. The van der Waals surface area contributed by atoms with Crippen LogP contribution >= 0.6 is 0 Å². The number of ether oxygens (including phenoxy) is 1. The molecule has 9 nitrogen and oxygen atoms in total. The van der Waals surface area contributed by atoms with Crippen LogP contribution in [0, 0.1) is 0 Å². The van der Waals surface area contributed by atoms with Crippen LogP contribution in [0.1, 0.15) is 18.9 Å². The van der Waals surface area contributed by atoms with Crippen LogP contribution in [0.2, 0.25) is 0 Å². The maximum Gasteiger partial charge on any atom is 0.315 e. The van der Waals surface area contributed by atoms with Gasteiger partial charge in [-0.2, -0.15) is 0 Å². The number of urea groups is 1. The van der Waals surface area contributed by atoms with Gasteiger partial charge in [-0.05, 0) is 55.3 Å². The van der Waals surface area contributed by atoms with Gasteiger partial charge in [-0.15, -0.1) is 0 Å². The molecule has 1 atom stereocenters. The second-order valence-electron chi connectivity index (χ2n) is 7.17. The van der Waals surface area contributed by atoms with Gasteiger partial charge in [-0.3, -0.25) is 4.79 Å². The Morgan fingerprint density at radius 1 is 1.16 bits per heavy atom. The first-order valence-electron chi connectivity index (χ1n) is 9.95. The number of carbonyl (C=O) groups excluding carboxylic acids is 2. The van der Waals surface area contributed by atoms with Gasteiger partial charge < -0.3 is 20.3 Å². The van der Waals surface area contributed by atoms with Crippen molar-refractivity contribution < 1.29 is 22.7 Å². The van der Waals surface area contributed by atoms with Crippen LogP contribution in [0.15, 0.2) is 53.4 Å². The minimum absolute atomic E-state index is 0.0462. The summed E-state index contributed by atoms with van der Waals surface area (Å²) in [4.78, 5) is 26.2. The van der Waals surface area contributed by atoms with E-state index in [-0.39, 0.29) is 29.3 Å². The fourth-order valence-electron chi connectivity index (χ4n) is 3.35. The van der Waals surface area contributed by atoms with Gasteiger partial charge in [0.05, 0.1) is 17.5 Å². The van der Waals surface area contributed by atoms with Crippen LogP contribution in [-0.4, -0.2) is 46.1 Å². The Hall–Kier alpha value is -3.11. The van der Waals surface area contributed by atoms with Gasteiger partial charge in [-0.25, -0.2) is 18.4 Å². The molecule has 0 bridgehead atoms. The number of rotatable bonds is 8. The summed E-state index contributed by atoms with van der Waals surface area (Å²) >= 11 is 0. The molecule has 3 rings (SSSR count). The molecule has 2 aromatic carbocycles. The summed E-state index contributed by atoms with van der Waals surface area (Å²) in [6, 6.07) is 12.8. The highest BCUT2D eigenvalue weighted by Gasteiger charge is 2.31. The third-order valence-electron chi connectivity index (χ3n) is 4.87. The molecule has 1 aliphatic heterocycles. The molecule has 0 spiro atoms. The van der Waals surface area contributed by atoms with Gasteiger partial charge in [0.25, 0.3) is 0 Å². The SMILES string of the molecule is CCOc1ccc(N2C[C@@H](NC(=O)NCCc3ccc(S(N)(=O)=O)cc3)CC2=O)cc1. The van der Waals surface area contributed by atoms with Crippen LogP contribution in [0.3, 0.4) is 0 Å². The largest absolute Gasteiger partial charge is 0.494 e. The molecule has 0 aliphatic carbocycles. The van der Waals surface area contributed by atoms with E-state index in [1.165, 1.54) is 12.1 Å². The molecule has 166 valence electrons. The summed E-state index contributed by atoms with van der Waals surface area (Å²) in [7, 11) is -3.72. The number of nitrogens with one attached hydrogen (secondary N) is 2. The van der Waals surface area contributed by atoms with E-state index in [0.29, 0.717) is 26.1 Å². The van der Waals surface area contributed by atoms with Gasteiger partial charge in [-0.1, -0.05) is 12.1 Å². The first-order valence-corrected chi connectivity index (χ1v) is 11.5. The lowest BCUT2D eigenvalue weighted by molar-refractivity contribution is -0.117. The van der Waals surface area contributed by atoms with Crippen molar-refractivity contribution >= 4 is 27.6 Å². The third-order valence-corrected chi connectivity index (χ3v) is 5.80. The Bertz CT molecular complexity index is 1020. The van der Waals surface area contributed by atoms with E-state index in [4.69, 9.17) is 9.88 Å². The lowest BCUT2D eigenvalue weighted by atomic mass is 10.1. The van der Waals surface area contributed by atoms with Crippen molar-refractivity contribution in [2.24, 2.45) is 5.14 Å². The number of amides is 3. The molecule has 4 N–H and O–H groups in total. The number of hydrogen-bond donors (Lipinski definition) is 3. The quantitative estimate of drug-likeness (QED) is 0.564. The molecule has 2 aromatic rings. The van der Waals surface area contributed by atoms with Crippen LogP contribution < -0.4 is 25.4 Å². The average molecular weight is 447 g/mol. The zero-order valence-corrected chi connectivity index (χ0v) is 18.0. The maximum atomic E-state index is 12.3. The number of hydrogen-bond acceptors (Lipinski definition) is 5. The smallest absolute Gasteiger partial charge is 0.315 e. The highest BCUT2D eigenvalue weighted by molar-refractivity contribution is 7.89. The van der Waals surface area contributed by atoms with E-state index < -0.39 is 10.0 Å². The molecule has 31 heavy (non-hydrogen) atoms. The summed E-state index contributed by atoms with van der Waals surface area (Å²) in [5.41, 5.74) is 1.63. The van der Waals surface area contributed by atoms with Gasteiger partial charge >= 0.3 is 6.03 Å². The number of nitrogens with two attached hydrogens (primary N) is 1. The van der Waals surface area contributed by atoms with Gasteiger partial charge in [0, 0.05) is 25.2 Å². The highest BCUT2D eigenvalue weighted by atomic mass is 32.2. The van der Waals surface area contributed by atoms with Crippen LogP contribution in [0.5, 0.6) is 5.75 Å². The fraction of sp³-hybridized carbons (Fsp3) is 0.333. The lowest BCUT2D eigenvalue weighted by Gasteiger charge is -2.18. The van der Waals surface area contributed by atoms with E-state index in [2.05, 4.69) is 10.6 Å². The van der Waals surface area contributed by atoms with Crippen molar-refractivity contribution in [3.63, 3.8) is 0 Å². The number of nitrogens with zero attached hydrogens (tertiary/aromatic N) is 1. The van der Waals surface area contributed by atoms with Crippen LogP contribution in [0.4, 0.5) is 10.5 Å². The van der Waals surface area contributed by atoms with Crippen molar-refractivity contribution in [3.8, 4) is 5.75 Å². The molecule has 1 saturated heterocycles. The van der Waals surface area contributed by atoms with Crippen molar-refractivity contribution in [2.75, 3.05) is 24.6 Å². The molecule has 0 aromatic heterocycles. The van der Waals surface area contributed by atoms with E-state index in [0.717, 1.165) is 17.0 Å². The first-order chi connectivity index (χ1) is 14.8. The predicted molar refractivity (Wildman–Crippen MR) is 116 cm³/mol. The summed E-state index contributed by atoms with van der Waals surface area (Å²) in [6.07, 6.45) is 0.760. The Labute approximate surface area is 181 Å². The number of carbonyl (C=O) groups is 2. The van der Waals surface area contributed by atoms with Gasteiger partial charge in [0.2, 0.25) is 15.9 Å². The standard InChI is InChI=1S/C21H26N4O5S/c1-2-30-18-7-5-17(6-8-18)25-14-16(13-20(25)26)24-21(27)23-12-11-15-3-9-19(10-4-15)31(22,28)29/h3-10,16H,2,11-14H2,1H3,(H2,22,28,29)(H2,23,24,27)/t16-/m0/s1. The van der Waals surface area contributed by atoms with Crippen molar-refractivity contribution in [3.05, 3.63) is 54.1 Å². The zero-order valence-electron chi connectivity index (χ0n) is 17.2. The number of anilines is 1.